The summed E-state index contributed by atoms with van der Waals surface area (Å²) in [6.07, 6.45) is 0.565. The van der Waals surface area contributed by atoms with E-state index in [0.29, 0.717) is 17.5 Å². The highest BCUT2D eigenvalue weighted by Crippen LogP contribution is 2.24. The molecular formula is C13H19ClFNO2S. The van der Waals surface area contributed by atoms with Gasteiger partial charge in [-0.15, -0.1) is 11.6 Å². The maximum Gasteiger partial charge on any atom is 0.241 e. The van der Waals surface area contributed by atoms with Gasteiger partial charge in [0.15, 0.2) is 0 Å². The fourth-order valence-corrected chi connectivity index (χ4v) is 4.16. The van der Waals surface area contributed by atoms with E-state index in [1.165, 1.54) is 12.1 Å². The number of sulfonamides is 1. The molecule has 0 spiro atoms. The second-order valence-corrected chi connectivity index (χ2v) is 6.91. The minimum Gasteiger partial charge on any atom is -0.207 e. The van der Waals surface area contributed by atoms with E-state index >= 15 is 0 Å². The Kier molecular flexibility index (Phi) is 4.98. The van der Waals surface area contributed by atoms with Crippen LogP contribution in [0.3, 0.4) is 0 Å². The summed E-state index contributed by atoms with van der Waals surface area (Å²) < 4.78 is 40.7. The van der Waals surface area contributed by atoms with Crippen LogP contribution in [-0.4, -0.2) is 19.8 Å². The first-order valence-electron chi connectivity index (χ1n) is 6.02. The van der Waals surface area contributed by atoms with E-state index < -0.39 is 21.4 Å². The van der Waals surface area contributed by atoms with Crippen LogP contribution in [0.1, 0.15) is 31.4 Å². The van der Waals surface area contributed by atoms with Gasteiger partial charge in [-0.25, -0.2) is 17.5 Å². The van der Waals surface area contributed by atoms with Crippen LogP contribution < -0.4 is 4.72 Å². The van der Waals surface area contributed by atoms with Gasteiger partial charge in [0.1, 0.15) is 5.82 Å². The van der Waals surface area contributed by atoms with Crippen molar-refractivity contribution < 1.29 is 12.8 Å². The van der Waals surface area contributed by atoms with Crippen LogP contribution in [0.4, 0.5) is 4.39 Å². The predicted molar refractivity (Wildman–Crippen MR) is 75.6 cm³/mol. The number of rotatable bonds is 5. The molecule has 1 atom stereocenters. The lowest BCUT2D eigenvalue weighted by atomic mass is 10.0. The van der Waals surface area contributed by atoms with Crippen molar-refractivity contribution >= 4 is 21.6 Å². The van der Waals surface area contributed by atoms with Gasteiger partial charge < -0.3 is 0 Å². The molecule has 6 heteroatoms. The van der Waals surface area contributed by atoms with Crippen LogP contribution >= 0.6 is 11.6 Å². The summed E-state index contributed by atoms with van der Waals surface area (Å²) >= 11 is 5.82. The van der Waals surface area contributed by atoms with E-state index in [4.69, 9.17) is 11.6 Å². The van der Waals surface area contributed by atoms with E-state index in [1.807, 2.05) is 6.92 Å². The van der Waals surface area contributed by atoms with Crippen molar-refractivity contribution in [2.24, 2.45) is 0 Å². The third-order valence-corrected chi connectivity index (χ3v) is 5.68. The topological polar surface area (TPSA) is 46.2 Å². The second-order valence-electron chi connectivity index (χ2n) is 5.02. The summed E-state index contributed by atoms with van der Waals surface area (Å²) in [5.74, 6) is -0.272. The Labute approximate surface area is 119 Å². The van der Waals surface area contributed by atoms with E-state index in [2.05, 4.69) is 4.72 Å². The van der Waals surface area contributed by atoms with Crippen LogP contribution in [0.15, 0.2) is 17.0 Å². The molecule has 0 aliphatic heterocycles. The van der Waals surface area contributed by atoms with E-state index in [1.54, 1.807) is 20.8 Å². The molecule has 19 heavy (non-hydrogen) atoms. The van der Waals surface area contributed by atoms with Gasteiger partial charge in [-0.1, -0.05) is 6.92 Å². The molecule has 0 aliphatic rings. The summed E-state index contributed by atoms with van der Waals surface area (Å²) in [6.45, 7) is 6.75. The van der Waals surface area contributed by atoms with E-state index in [0.717, 1.165) is 0 Å². The molecule has 1 unspecified atom stereocenters. The number of aryl methyl sites for hydroxylation is 2. The van der Waals surface area contributed by atoms with Gasteiger partial charge in [0.05, 0.1) is 4.90 Å². The monoisotopic (exact) mass is 307 g/mol. The number of benzene rings is 1. The summed E-state index contributed by atoms with van der Waals surface area (Å²) in [6, 6.07) is 2.43. The molecule has 0 amide bonds. The second kappa shape index (κ2) is 5.77. The molecule has 0 fully saturated rings. The average Bonchev–Trinajstić information content (AvgIpc) is 2.26. The van der Waals surface area contributed by atoms with Crippen LogP contribution in [-0.2, 0) is 10.0 Å². The highest BCUT2D eigenvalue weighted by atomic mass is 35.5. The lowest BCUT2D eigenvalue weighted by molar-refractivity contribution is 0.444. The van der Waals surface area contributed by atoms with Gasteiger partial charge in [0.25, 0.3) is 0 Å². The van der Waals surface area contributed by atoms with Gasteiger partial charge in [-0.05, 0) is 50.5 Å². The molecule has 0 saturated heterocycles. The van der Waals surface area contributed by atoms with Gasteiger partial charge in [0.2, 0.25) is 10.0 Å². The number of hydrogen-bond donors (Lipinski definition) is 1. The molecule has 1 N–H and O–H groups in total. The molecule has 0 radical (unpaired) electrons. The van der Waals surface area contributed by atoms with Crippen molar-refractivity contribution in [1.29, 1.82) is 0 Å². The third kappa shape index (κ3) is 3.68. The van der Waals surface area contributed by atoms with Crippen molar-refractivity contribution in [2.45, 2.75) is 44.6 Å². The maximum absolute atomic E-state index is 13.2. The Hall–Kier alpha value is -0.650. The van der Waals surface area contributed by atoms with Gasteiger partial charge in [-0.2, -0.15) is 0 Å². The van der Waals surface area contributed by atoms with Crippen molar-refractivity contribution in [2.75, 3.05) is 5.88 Å². The van der Waals surface area contributed by atoms with Crippen molar-refractivity contribution in [1.82, 2.24) is 4.72 Å². The number of nitrogens with one attached hydrogen (secondary N) is 1. The summed E-state index contributed by atoms with van der Waals surface area (Å²) in [5, 5.41) is 0. The van der Waals surface area contributed by atoms with E-state index in [-0.39, 0.29) is 10.8 Å². The Bertz CT molecular complexity index is 545. The summed E-state index contributed by atoms with van der Waals surface area (Å²) in [7, 11) is -3.72. The van der Waals surface area contributed by atoms with Gasteiger partial charge in [0, 0.05) is 11.4 Å². The van der Waals surface area contributed by atoms with E-state index in [9.17, 15) is 12.8 Å². The minimum atomic E-state index is -3.72. The SMILES string of the molecule is CCC(C)(CCl)NS(=O)(=O)c1c(C)cc(F)cc1C. The van der Waals surface area contributed by atoms with Crippen molar-refractivity contribution in [3.8, 4) is 0 Å². The molecule has 1 aromatic carbocycles. The summed E-state index contributed by atoms with van der Waals surface area (Å²) in [4.78, 5) is 0.124. The zero-order chi connectivity index (χ0) is 14.8. The molecule has 3 nitrogen and oxygen atoms in total. The number of alkyl halides is 1. The first-order valence-corrected chi connectivity index (χ1v) is 8.03. The normalized spacial score (nSPS) is 15.3. The highest BCUT2D eigenvalue weighted by Gasteiger charge is 2.30. The zero-order valence-corrected chi connectivity index (χ0v) is 13.1. The lowest BCUT2D eigenvalue weighted by Crippen LogP contribution is -2.47. The molecule has 0 heterocycles. The predicted octanol–water partition coefficient (Wildman–Crippen LogP) is 3.13. The molecule has 108 valence electrons. The van der Waals surface area contributed by atoms with Crippen LogP contribution in [0.25, 0.3) is 0 Å². The number of hydrogen-bond acceptors (Lipinski definition) is 2. The Morgan fingerprint density at radius 1 is 1.32 bits per heavy atom. The van der Waals surface area contributed by atoms with Gasteiger partial charge in [-0.3, -0.25) is 0 Å². The third-order valence-electron chi connectivity index (χ3n) is 3.15. The Morgan fingerprint density at radius 2 is 1.79 bits per heavy atom. The van der Waals surface area contributed by atoms with Crippen LogP contribution in [0.2, 0.25) is 0 Å². The first kappa shape index (κ1) is 16.4. The van der Waals surface area contributed by atoms with Crippen molar-refractivity contribution in [3.05, 3.63) is 29.1 Å². The minimum absolute atomic E-state index is 0.124. The molecule has 0 saturated carbocycles. The number of halogens is 2. The molecular weight excluding hydrogens is 289 g/mol. The molecule has 0 aliphatic carbocycles. The molecule has 1 aromatic rings. The van der Waals surface area contributed by atoms with Gasteiger partial charge >= 0.3 is 0 Å². The smallest absolute Gasteiger partial charge is 0.207 e. The standard InChI is InChI=1S/C13H19ClFNO2S/c1-5-13(4,8-14)16-19(17,18)12-9(2)6-11(15)7-10(12)3/h6-7,16H,5,8H2,1-4H3. The molecule has 0 aromatic heterocycles. The average molecular weight is 308 g/mol. The highest BCUT2D eigenvalue weighted by molar-refractivity contribution is 7.89. The lowest BCUT2D eigenvalue weighted by Gasteiger charge is -2.27. The van der Waals surface area contributed by atoms with Crippen LogP contribution in [0, 0.1) is 19.7 Å². The van der Waals surface area contributed by atoms with Crippen molar-refractivity contribution in [3.63, 3.8) is 0 Å². The Balaban J connectivity index is 3.29. The quantitative estimate of drug-likeness (QED) is 0.850. The first-order chi connectivity index (χ1) is 8.65. The zero-order valence-electron chi connectivity index (χ0n) is 11.5. The Morgan fingerprint density at radius 3 is 2.16 bits per heavy atom. The molecule has 1 rings (SSSR count). The fraction of sp³-hybridized carbons (Fsp3) is 0.538. The molecule has 0 bridgehead atoms. The maximum atomic E-state index is 13.2. The summed E-state index contributed by atoms with van der Waals surface area (Å²) in [5.41, 5.74) is 0.0595. The fourth-order valence-electron chi connectivity index (χ4n) is 1.89. The van der Waals surface area contributed by atoms with Crippen LogP contribution in [0.5, 0.6) is 0 Å². The largest absolute Gasteiger partial charge is 0.241 e.